The van der Waals surface area contributed by atoms with E-state index in [1.165, 1.54) is 0 Å². The first-order chi connectivity index (χ1) is 9.49. The highest BCUT2D eigenvalue weighted by atomic mass is 16.6. The van der Waals surface area contributed by atoms with E-state index in [1.807, 2.05) is 4.98 Å². The van der Waals surface area contributed by atoms with Gasteiger partial charge in [-0.3, -0.25) is 14.3 Å². The standard InChI is InChI=1S/C11H16N2O7/c14-2-1-5-3-13(11(19)12-9(5)18)10-8(17)7(16)6(4-15)20-10/h3,6-8,10,14-17H,1-2,4H2,(H,12,18,19)/t6-,7-,8+,10-/m1/s1. The molecule has 0 aromatic carbocycles. The first-order valence-corrected chi connectivity index (χ1v) is 6.07. The lowest BCUT2D eigenvalue weighted by atomic mass is 10.1. The van der Waals surface area contributed by atoms with Crippen LogP contribution >= 0.6 is 0 Å². The van der Waals surface area contributed by atoms with Crippen LogP contribution in [0.2, 0.25) is 0 Å². The summed E-state index contributed by atoms with van der Waals surface area (Å²) >= 11 is 0. The summed E-state index contributed by atoms with van der Waals surface area (Å²) in [6, 6.07) is 0. The molecule has 0 saturated carbocycles. The quantitative estimate of drug-likeness (QED) is 0.390. The third-order valence-corrected chi connectivity index (χ3v) is 3.21. The normalized spacial score (nSPS) is 29.8. The number of nitrogens with zero attached hydrogens (tertiary/aromatic N) is 1. The van der Waals surface area contributed by atoms with Gasteiger partial charge in [-0.1, -0.05) is 0 Å². The van der Waals surface area contributed by atoms with Gasteiger partial charge >= 0.3 is 5.69 Å². The fraction of sp³-hybridized carbons (Fsp3) is 0.636. The molecular weight excluding hydrogens is 272 g/mol. The molecule has 112 valence electrons. The first kappa shape index (κ1) is 14.9. The maximum atomic E-state index is 11.7. The van der Waals surface area contributed by atoms with Crippen LogP contribution in [-0.2, 0) is 11.2 Å². The molecule has 2 rings (SSSR count). The van der Waals surface area contributed by atoms with Crippen molar-refractivity contribution >= 4 is 0 Å². The van der Waals surface area contributed by atoms with E-state index in [2.05, 4.69) is 0 Å². The average molecular weight is 288 g/mol. The topological polar surface area (TPSA) is 145 Å². The summed E-state index contributed by atoms with van der Waals surface area (Å²) in [5, 5.41) is 37.3. The summed E-state index contributed by atoms with van der Waals surface area (Å²) in [5.41, 5.74) is -1.30. The number of rotatable bonds is 4. The Kier molecular flexibility index (Phi) is 4.35. The molecule has 0 aliphatic carbocycles. The summed E-state index contributed by atoms with van der Waals surface area (Å²) in [6.45, 7) is -0.798. The molecule has 0 spiro atoms. The van der Waals surface area contributed by atoms with Gasteiger partial charge < -0.3 is 25.2 Å². The largest absolute Gasteiger partial charge is 0.396 e. The molecule has 4 atom stereocenters. The Morgan fingerprint density at radius 3 is 2.50 bits per heavy atom. The lowest BCUT2D eigenvalue weighted by Crippen LogP contribution is -2.39. The third kappa shape index (κ3) is 2.53. The molecule has 20 heavy (non-hydrogen) atoms. The van der Waals surface area contributed by atoms with Gasteiger partial charge in [0.25, 0.3) is 5.56 Å². The number of aromatic amines is 1. The number of aliphatic hydroxyl groups is 4. The maximum Gasteiger partial charge on any atom is 0.330 e. The lowest BCUT2D eigenvalue weighted by Gasteiger charge is -2.17. The molecule has 1 aromatic rings. The van der Waals surface area contributed by atoms with Crippen LogP contribution in [0, 0.1) is 0 Å². The van der Waals surface area contributed by atoms with Crippen LogP contribution in [0.1, 0.15) is 11.8 Å². The van der Waals surface area contributed by atoms with Crippen molar-refractivity contribution < 1.29 is 25.2 Å². The van der Waals surface area contributed by atoms with Crippen molar-refractivity contribution in [2.75, 3.05) is 13.2 Å². The highest BCUT2D eigenvalue weighted by Gasteiger charge is 2.43. The van der Waals surface area contributed by atoms with Gasteiger partial charge in [0.1, 0.15) is 18.3 Å². The molecular formula is C11H16N2O7. The van der Waals surface area contributed by atoms with Crippen molar-refractivity contribution in [2.45, 2.75) is 31.0 Å². The molecule has 0 unspecified atom stereocenters. The molecule has 9 nitrogen and oxygen atoms in total. The lowest BCUT2D eigenvalue weighted by molar-refractivity contribution is -0.0551. The molecule has 1 aromatic heterocycles. The van der Waals surface area contributed by atoms with Crippen molar-refractivity contribution in [3.8, 4) is 0 Å². The average Bonchev–Trinajstić information content (AvgIpc) is 2.70. The molecule has 1 saturated heterocycles. The fourth-order valence-electron chi connectivity index (χ4n) is 2.12. The minimum atomic E-state index is -1.42. The molecule has 0 bridgehead atoms. The van der Waals surface area contributed by atoms with Crippen molar-refractivity contribution in [3.63, 3.8) is 0 Å². The predicted molar refractivity (Wildman–Crippen MR) is 65.1 cm³/mol. The van der Waals surface area contributed by atoms with Crippen LogP contribution in [0.3, 0.4) is 0 Å². The van der Waals surface area contributed by atoms with Crippen LogP contribution in [-0.4, -0.2) is 61.5 Å². The van der Waals surface area contributed by atoms with E-state index >= 15 is 0 Å². The second-order valence-electron chi connectivity index (χ2n) is 4.52. The Labute approximate surface area is 112 Å². The number of nitrogens with one attached hydrogen (secondary N) is 1. The summed E-state index contributed by atoms with van der Waals surface area (Å²) in [5.74, 6) is 0. The SMILES string of the molecule is O=c1[nH]c(=O)n([C@@H]2O[C@H](CO)[C@@H](O)[C@@H]2O)cc1CCO. The zero-order chi connectivity index (χ0) is 14.9. The summed E-state index contributed by atoms with van der Waals surface area (Å²) in [6.07, 6.45) is -3.80. The molecule has 0 radical (unpaired) electrons. The van der Waals surface area contributed by atoms with Gasteiger partial charge in [-0.05, 0) is 0 Å². The van der Waals surface area contributed by atoms with Crippen LogP contribution in [0.4, 0.5) is 0 Å². The number of aromatic nitrogens is 2. The Bertz CT molecular complexity index is 581. The third-order valence-electron chi connectivity index (χ3n) is 3.21. The smallest absolute Gasteiger partial charge is 0.330 e. The summed E-state index contributed by atoms with van der Waals surface area (Å²) < 4.78 is 6.13. The Hall–Kier alpha value is -1.52. The molecule has 5 N–H and O–H groups in total. The van der Waals surface area contributed by atoms with Crippen molar-refractivity contribution in [3.05, 3.63) is 32.6 Å². The maximum absolute atomic E-state index is 11.7. The number of aliphatic hydroxyl groups excluding tert-OH is 4. The van der Waals surface area contributed by atoms with Crippen molar-refractivity contribution in [1.29, 1.82) is 0 Å². The van der Waals surface area contributed by atoms with Gasteiger partial charge in [-0.25, -0.2) is 4.79 Å². The van der Waals surface area contributed by atoms with Crippen LogP contribution in [0.25, 0.3) is 0 Å². The van der Waals surface area contributed by atoms with Crippen molar-refractivity contribution in [2.24, 2.45) is 0 Å². The molecule has 1 aliphatic heterocycles. The predicted octanol–water partition coefficient (Wildman–Crippen LogP) is -3.32. The van der Waals surface area contributed by atoms with Gasteiger partial charge in [-0.2, -0.15) is 0 Å². The summed E-state index contributed by atoms with van der Waals surface area (Å²) in [4.78, 5) is 25.3. The van der Waals surface area contributed by atoms with Gasteiger partial charge in [0, 0.05) is 24.8 Å². The zero-order valence-corrected chi connectivity index (χ0v) is 10.5. The van der Waals surface area contributed by atoms with E-state index in [-0.39, 0.29) is 18.6 Å². The second-order valence-corrected chi connectivity index (χ2v) is 4.52. The molecule has 1 fully saturated rings. The second kappa shape index (κ2) is 5.85. The highest BCUT2D eigenvalue weighted by Crippen LogP contribution is 2.27. The number of hydrogen-bond donors (Lipinski definition) is 5. The monoisotopic (exact) mass is 288 g/mol. The minimum absolute atomic E-state index is 0.0322. The van der Waals surface area contributed by atoms with E-state index in [4.69, 9.17) is 14.9 Å². The number of ether oxygens (including phenoxy) is 1. The van der Waals surface area contributed by atoms with Gasteiger partial charge in [-0.15, -0.1) is 0 Å². The van der Waals surface area contributed by atoms with Crippen LogP contribution < -0.4 is 11.2 Å². The molecule has 1 aliphatic rings. The number of H-pyrrole nitrogens is 1. The Balaban J connectivity index is 2.40. The van der Waals surface area contributed by atoms with Crippen molar-refractivity contribution in [1.82, 2.24) is 9.55 Å². The molecule has 2 heterocycles. The van der Waals surface area contributed by atoms with E-state index in [9.17, 15) is 19.8 Å². The summed E-state index contributed by atoms with van der Waals surface area (Å²) in [7, 11) is 0. The minimum Gasteiger partial charge on any atom is -0.396 e. The van der Waals surface area contributed by atoms with Crippen LogP contribution in [0.5, 0.6) is 0 Å². The van der Waals surface area contributed by atoms with E-state index < -0.39 is 42.4 Å². The molecule has 9 heteroatoms. The zero-order valence-electron chi connectivity index (χ0n) is 10.5. The Morgan fingerprint density at radius 1 is 1.25 bits per heavy atom. The van der Waals surface area contributed by atoms with Gasteiger partial charge in [0.15, 0.2) is 6.23 Å². The van der Waals surface area contributed by atoms with E-state index in [1.54, 1.807) is 0 Å². The number of hydrogen-bond acceptors (Lipinski definition) is 7. The van der Waals surface area contributed by atoms with E-state index in [0.717, 1.165) is 10.8 Å². The van der Waals surface area contributed by atoms with Gasteiger partial charge in [0.2, 0.25) is 0 Å². The fourth-order valence-corrected chi connectivity index (χ4v) is 2.12. The van der Waals surface area contributed by atoms with E-state index in [0.29, 0.717) is 0 Å². The van der Waals surface area contributed by atoms with Gasteiger partial charge in [0.05, 0.1) is 6.61 Å². The first-order valence-electron chi connectivity index (χ1n) is 6.07. The Morgan fingerprint density at radius 2 is 1.95 bits per heavy atom. The van der Waals surface area contributed by atoms with Crippen LogP contribution in [0.15, 0.2) is 15.8 Å². The highest BCUT2D eigenvalue weighted by molar-refractivity contribution is 5.06. The molecule has 0 amide bonds.